The summed E-state index contributed by atoms with van der Waals surface area (Å²) in [6.07, 6.45) is 7.32. The van der Waals surface area contributed by atoms with E-state index in [1.807, 2.05) is 36.4 Å². The van der Waals surface area contributed by atoms with Crippen LogP contribution in [0.15, 0.2) is 66.9 Å². The molecule has 0 aliphatic heterocycles. The van der Waals surface area contributed by atoms with Crippen molar-refractivity contribution in [2.75, 3.05) is 0 Å². The van der Waals surface area contributed by atoms with Gasteiger partial charge in [-0.15, -0.1) is 0 Å². The number of nitriles is 1. The molecule has 0 spiro atoms. The summed E-state index contributed by atoms with van der Waals surface area (Å²) in [4.78, 5) is 0. The molecule has 2 heteroatoms. The lowest BCUT2D eigenvalue weighted by molar-refractivity contribution is 0.837. The summed E-state index contributed by atoms with van der Waals surface area (Å²) in [5, 5.41) is 8.91. The normalized spacial score (nSPS) is 13.2. The molecule has 2 N–H and O–H groups in total. The summed E-state index contributed by atoms with van der Waals surface area (Å²) in [7, 11) is 0. The first-order chi connectivity index (χ1) is 8.33. The second-order valence-electron chi connectivity index (χ2n) is 3.58. The van der Waals surface area contributed by atoms with Crippen LogP contribution in [0.25, 0.3) is 0 Å². The first-order valence-electron chi connectivity index (χ1n) is 5.46. The van der Waals surface area contributed by atoms with Crippen molar-refractivity contribution in [3.63, 3.8) is 0 Å². The monoisotopic (exact) mass is 224 g/mol. The van der Waals surface area contributed by atoms with Gasteiger partial charge in [-0.3, -0.25) is 0 Å². The molecule has 1 aromatic rings. The number of nitrogens with zero attached hydrogens (tertiary/aromatic N) is 1. The van der Waals surface area contributed by atoms with Gasteiger partial charge in [0.2, 0.25) is 0 Å². The van der Waals surface area contributed by atoms with E-state index in [1.54, 1.807) is 12.2 Å². The Balaban J connectivity index is 3.08. The molecule has 0 saturated carbocycles. The van der Waals surface area contributed by atoms with Crippen molar-refractivity contribution in [1.82, 2.24) is 0 Å². The average molecular weight is 224 g/mol. The maximum atomic E-state index is 8.91. The van der Waals surface area contributed by atoms with Crippen LogP contribution in [0.4, 0.5) is 0 Å². The molecule has 0 saturated heterocycles. The van der Waals surface area contributed by atoms with Crippen molar-refractivity contribution in [1.29, 1.82) is 5.26 Å². The zero-order chi connectivity index (χ0) is 12.5. The molecule has 1 unspecified atom stereocenters. The Morgan fingerprint density at radius 2 is 2.12 bits per heavy atom. The molecule has 0 aliphatic rings. The highest BCUT2D eigenvalue weighted by Crippen LogP contribution is 2.28. The summed E-state index contributed by atoms with van der Waals surface area (Å²) in [6.45, 7) is 3.79. The van der Waals surface area contributed by atoms with Crippen molar-refractivity contribution >= 4 is 0 Å². The third-order valence-electron chi connectivity index (χ3n) is 2.54. The smallest absolute Gasteiger partial charge is 0.0631 e. The molecule has 0 heterocycles. The van der Waals surface area contributed by atoms with Crippen LogP contribution in [-0.2, 0) is 0 Å². The lowest BCUT2D eigenvalue weighted by Crippen LogP contribution is -2.00. The van der Waals surface area contributed by atoms with Crippen molar-refractivity contribution in [3.05, 3.63) is 72.5 Å². The van der Waals surface area contributed by atoms with E-state index in [4.69, 9.17) is 11.0 Å². The fourth-order valence-corrected chi connectivity index (χ4v) is 1.70. The molecule has 0 amide bonds. The maximum Gasteiger partial charge on any atom is 0.0631 e. The Kier molecular flexibility index (Phi) is 5.33. The molecular weight excluding hydrogens is 208 g/mol. The van der Waals surface area contributed by atoms with Crippen LogP contribution in [0, 0.1) is 11.3 Å². The van der Waals surface area contributed by atoms with Gasteiger partial charge in [0, 0.05) is 12.3 Å². The van der Waals surface area contributed by atoms with E-state index < -0.39 is 0 Å². The molecule has 0 radical (unpaired) electrons. The van der Waals surface area contributed by atoms with E-state index in [0.717, 1.165) is 11.1 Å². The highest BCUT2D eigenvalue weighted by Gasteiger charge is 2.13. The van der Waals surface area contributed by atoms with E-state index >= 15 is 0 Å². The molecule has 0 fully saturated rings. The minimum absolute atomic E-state index is 0.0508. The second-order valence-corrected chi connectivity index (χ2v) is 3.58. The molecule has 1 aromatic carbocycles. The number of benzene rings is 1. The zero-order valence-electron chi connectivity index (χ0n) is 9.71. The molecular formula is C15H16N2. The first kappa shape index (κ1) is 12.8. The highest BCUT2D eigenvalue weighted by atomic mass is 14.5. The van der Waals surface area contributed by atoms with Gasteiger partial charge in [0.15, 0.2) is 0 Å². The van der Waals surface area contributed by atoms with Crippen LogP contribution in [0.2, 0.25) is 0 Å². The topological polar surface area (TPSA) is 49.8 Å². The summed E-state index contributed by atoms with van der Waals surface area (Å²) in [5.41, 5.74) is 7.44. The van der Waals surface area contributed by atoms with Crippen molar-refractivity contribution in [2.24, 2.45) is 5.73 Å². The van der Waals surface area contributed by atoms with Gasteiger partial charge >= 0.3 is 0 Å². The van der Waals surface area contributed by atoms with Gasteiger partial charge in [-0.25, -0.2) is 0 Å². The van der Waals surface area contributed by atoms with E-state index in [1.165, 1.54) is 6.20 Å². The number of rotatable bonds is 5. The third kappa shape index (κ3) is 3.66. The predicted octanol–water partition coefficient (Wildman–Crippen LogP) is 3.27. The number of hydrogen-bond donors (Lipinski definition) is 1. The summed E-state index contributed by atoms with van der Waals surface area (Å²) < 4.78 is 0. The standard InChI is InChI=1S/C15H16N2/c1-2-13(9-6-11-16)15(10-12-17)14-7-4-3-5-8-14/h2-9,11,15H,1,10,16H2/b11-6-,13-9+. The summed E-state index contributed by atoms with van der Waals surface area (Å²) in [5.74, 6) is 0.0508. The molecule has 17 heavy (non-hydrogen) atoms. The molecule has 86 valence electrons. The number of nitrogens with two attached hydrogens (primary N) is 1. The van der Waals surface area contributed by atoms with E-state index in [0.29, 0.717) is 6.42 Å². The van der Waals surface area contributed by atoms with E-state index in [2.05, 4.69) is 12.6 Å². The van der Waals surface area contributed by atoms with Crippen LogP contribution in [0.3, 0.4) is 0 Å². The number of hydrogen-bond acceptors (Lipinski definition) is 2. The Hall–Kier alpha value is -2.27. The van der Waals surface area contributed by atoms with Crippen LogP contribution in [0.5, 0.6) is 0 Å². The maximum absolute atomic E-state index is 8.91. The highest BCUT2D eigenvalue weighted by molar-refractivity contribution is 5.37. The van der Waals surface area contributed by atoms with E-state index in [9.17, 15) is 0 Å². The fourth-order valence-electron chi connectivity index (χ4n) is 1.70. The Morgan fingerprint density at radius 1 is 1.41 bits per heavy atom. The quantitative estimate of drug-likeness (QED) is 0.780. The van der Waals surface area contributed by atoms with Crippen LogP contribution < -0.4 is 5.73 Å². The van der Waals surface area contributed by atoms with Gasteiger partial charge in [-0.05, 0) is 23.4 Å². The Morgan fingerprint density at radius 3 is 2.65 bits per heavy atom. The summed E-state index contributed by atoms with van der Waals surface area (Å²) >= 11 is 0. The first-order valence-corrected chi connectivity index (χ1v) is 5.46. The van der Waals surface area contributed by atoms with Crippen molar-refractivity contribution in [2.45, 2.75) is 12.3 Å². The molecule has 1 rings (SSSR count). The predicted molar refractivity (Wildman–Crippen MR) is 71.0 cm³/mol. The van der Waals surface area contributed by atoms with Crippen molar-refractivity contribution in [3.8, 4) is 6.07 Å². The van der Waals surface area contributed by atoms with Gasteiger partial charge in [0.25, 0.3) is 0 Å². The number of allylic oxidation sites excluding steroid dienone is 4. The van der Waals surface area contributed by atoms with Crippen molar-refractivity contribution < 1.29 is 0 Å². The fraction of sp³-hybridized carbons (Fsp3) is 0.133. The molecule has 1 atom stereocenters. The minimum atomic E-state index is 0.0508. The molecule has 0 aliphatic carbocycles. The Labute approximate surface area is 102 Å². The minimum Gasteiger partial charge on any atom is -0.405 e. The summed E-state index contributed by atoms with van der Waals surface area (Å²) in [6, 6.07) is 12.2. The SMILES string of the molecule is C=C/C(=C\C=C/N)C(CC#N)c1ccccc1. The van der Waals surface area contributed by atoms with Crippen LogP contribution in [0.1, 0.15) is 17.9 Å². The lowest BCUT2D eigenvalue weighted by Gasteiger charge is -2.15. The average Bonchev–Trinajstić information content (AvgIpc) is 2.39. The Bertz CT molecular complexity index is 450. The third-order valence-corrected chi connectivity index (χ3v) is 2.54. The van der Waals surface area contributed by atoms with Gasteiger partial charge in [0.1, 0.15) is 0 Å². The lowest BCUT2D eigenvalue weighted by atomic mass is 9.88. The largest absolute Gasteiger partial charge is 0.405 e. The van der Waals surface area contributed by atoms with E-state index in [-0.39, 0.29) is 5.92 Å². The van der Waals surface area contributed by atoms with Gasteiger partial charge < -0.3 is 5.73 Å². The molecule has 0 bridgehead atoms. The zero-order valence-corrected chi connectivity index (χ0v) is 9.71. The second kappa shape index (κ2) is 7.08. The van der Waals surface area contributed by atoms with Gasteiger partial charge in [-0.2, -0.15) is 5.26 Å². The van der Waals surface area contributed by atoms with Crippen LogP contribution in [-0.4, -0.2) is 0 Å². The van der Waals surface area contributed by atoms with Gasteiger partial charge in [-0.1, -0.05) is 49.1 Å². The van der Waals surface area contributed by atoms with Crippen LogP contribution >= 0.6 is 0 Å². The van der Waals surface area contributed by atoms with Gasteiger partial charge in [0.05, 0.1) is 6.07 Å². The molecule has 0 aromatic heterocycles. The molecule has 2 nitrogen and oxygen atoms in total.